The fourth-order valence-corrected chi connectivity index (χ4v) is 13.9. The maximum atomic E-state index is 2.73. The average Bonchev–Trinajstić information content (AvgIpc) is 3.77. The minimum atomic E-state index is -0.0118. The molecule has 0 saturated carbocycles. The molecule has 0 atom stereocenters. The average molecular weight is 823 g/mol. The summed E-state index contributed by atoms with van der Waals surface area (Å²) in [6.45, 7) is 24.2. The van der Waals surface area contributed by atoms with E-state index in [1.807, 2.05) is 11.3 Å². The Morgan fingerprint density at radius 3 is 1.76 bits per heavy atom. The van der Waals surface area contributed by atoms with Gasteiger partial charge in [-0.25, -0.2) is 0 Å². The van der Waals surface area contributed by atoms with Crippen LogP contribution in [-0.4, -0.2) is 11.4 Å². The molecule has 0 saturated heterocycles. The zero-order valence-electron chi connectivity index (χ0n) is 38.0. The normalized spacial score (nSPS) is 18.7. The van der Waals surface area contributed by atoms with Gasteiger partial charge in [0.2, 0.25) is 0 Å². The minimum Gasteiger partial charge on any atom is -0.376 e. The predicted molar refractivity (Wildman–Crippen MR) is 270 cm³/mol. The summed E-state index contributed by atoms with van der Waals surface area (Å²) in [6, 6.07) is 41.6. The lowest BCUT2D eigenvalue weighted by atomic mass is 9.43. The van der Waals surface area contributed by atoms with E-state index in [1.54, 1.807) is 0 Å². The van der Waals surface area contributed by atoms with Crippen molar-refractivity contribution in [2.75, 3.05) is 4.81 Å². The van der Waals surface area contributed by atoms with E-state index in [0.29, 0.717) is 0 Å². The number of aryl methyl sites for hydroxylation is 2. The molecule has 4 aliphatic rings. The summed E-state index contributed by atoms with van der Waals surface area (Å²) in [7, 11) is 0. The van der Waals surface area contributed by atoms with E-state index in [2.05, 4.69) is 182 Å². The molecule has 2 aromatic heterocycles. The second-order valence-electron chi connectivity index (χ2n) is 22.4. The van der Waals surface area contributed by atoms with Crippen molar-refractivity contribution >= 4 is 93.2 Å². The largest absolute Gasteiger partial charge is 0.376 e. The molecular weight excluding hydrogens is 768 g/mol. The van der Waals surface area contributed by atoms with Crippen LogP contribution in [0.1, 0.15) is 114 Å². The number of hydrogen-bond acceptors (Lipinski definition) is 2. The van der Waals surface area contributed by atoms with Gasteiger partial charge < -0.3 is 9.38 Å². The SMILES string of the molecule is Cc1ccc(N2B3c4cc(C)ccc4-n4c5cc6c(cc5c5c7ccccc7c(c3c54)-c3cc4c(cc32)sc2cc3c(cc24)C(C)(C)CCC3(C)C)C(C)(C)CCC6(C)C)cc1. The Morgan fingerprint density at radius 2 is 1.08 bits per heavy atom. The third kappa shape index (κ3) is 4.72. The lowest BCUT2D eigenvalue weighted by Crippen LogP contribution is -2.60. The monoisotopic (exact) mass is 822 g/mol. The molecule has 0 bridgehead atoms. The molecule has 0 spiro atoms. The molecule has 2 aliphatic heterocycles. The Hall–Kier alpha value is -5.32. The van der Waals surface area contributed by atoms with Gasteiger partial charge in [0.05, 0.1) is 11.0 Å². The van der Waals surface area contributed by atoms with E-state index in [1.165, 1.54) is 151 Å². The number of anilines is 2. The van der Waals surface area contributed by atoms with Gasteiger partial charge in [0.25, 0.3) is 0 Å². The summed E-state index contributed by atoms with van der Waals surface area (Å²) in [5, 5.41) is 8.29. The van der Waals surface area contributed by atoms with Gasteiger partial charge in [-0.3, -0.25) is 0 Å². The van der Waals surface area contributed by atoms with Gasteiger partial charge in [-0.15, -0.1) is 11.3 Å². The predicted octanol–water partition coefficient (Wildman–Crippen LogP) is 14.9. The van der Waals surface area contributed by atoms with E-state index in [0.717, 1.165) is 0 Å². The Balaban J connectivity index is 1.23. The highest BCUT2D eigenvalue weighted by Gasteiger charge is 2.46. The molecule has 0 amide bonds. The summed E-state index contributed by atoms with van der Waals surface area (Å²) < 4.78 is 5.48. The third-order valence-corrected chi connectivity index (χ3v) is 17.7. The molecule has 306 valence electrons. The van der Waals surface area contributed by atoms with Gasteiger partial charge in [0.1, 0.15) is 0 Å². The third-order valence-electron chi connectivity index (χ3n) is 16.6. The van der Waals surface area contributed by atoms with Crippen LogP contribution in [0, 0.1) is 13.8 Å². The van der Waals surface area contributed by atoms with Crippen molar-refractivity contribution in [3.8, 4) is 16.8 Å². The van der Waals surface area contributed by atoms with E-state index in [4.69, 9.17) is 0 Å². The lowest BCUT2D eigenvalue weighted by Gasteiger charge is -2.43. The first kappa shape index (κ1) is 37.3. The molecule has 0 radical (unpaired) electrons. The van der Waals surface area contributed by atoms with Crippen LogP contribution < -0.4 is 15.7 Å². The fraction of sp³-hybridized carbons (Fsp3) is 0.310. The second kappa shape index (κ2) is 11.8. The highest BCUT2D eigenvalue weighted by Crippen LogP contribution is 2.55. The Morgan fingerprint density at radius 1 is 0.516 bits per heavy atom. The molecule has 2 nitrogen and oxygen atoms in total. The van der Waals surface area contributed by atoms with E-state index in [-0.39, 0.29) is 28.5 Å². The van der Waals surface area contributed by atoms with Crippen LogP contribution >= 0.6 is 11.3 Å². The van der Waals surface area contributed by atoms with Crippen molar-refractivity contribution in [2.45, 2.75) is 117 Å². The Bertz CT molecular complexity index is 3500. The number of benzene rings is 7. The number of rotatable bonds is 1. The molecule has 4 heterocycles. The minimum absolute atomic E-state index is 0.0118. The molecule has 62 heavy (non-hydrogen) atoms. The van der Waals surface area contributed by atoms with Gasteiger partial charge >= 0.3 is 6.85 Å². The van der Waals surface area contributed by atoms with Crippen molar-refractivity contribution in [1.82, 2.24) is 4.57 Å². The van der Waals surface area contributed by atoms with Crippen molar-refractivity contribution in [1.29, 1.82) is 0 Å². The van der Waals surface area contributed by atoms with E-state index >= 15 is 0 Å². The summed E-state index contributed by atoms with van der Waals surface area (Å²) >= 11 is 1.99. The highest BCUT2D eigenvalue weighted by molar-refractivity contribution is 7.25. The molecule has 4 heteroatoms. The molecule has 2 aliphatic carbocycles. The first-order valence-corrected chi connectivity index (χ1v) is 23.9. The molecule has 0 N–H and O–H groups in total. The van der Waals surface area contributed by atoms with Crippen LogP contribution in [0.15, 0.2) is 103 Å². The first-order chi connectivity index (χ1) is 29.5. The second-order valence-corrected chi connectivity index (χ2v) is 23.5. The van der Waals surface area contributed by atoms with Gasteiger partial charge in [-0.1, -0.05) is 115 Å². The van der Waals surface area contributed by atoms with Crippen LogP contribution in [0.4, 0.5) is 11.4 Å². The summed E-state index contributed by atoms with van der Waals surface area (Å²) in [6.07, 6.45) is 4.83. The summed E-state index contributed by atoms with van der Waals surface area (Å²) in [5.74, 6) is 0. The van der Waals surface area contributed by atoms with Crippen molar-refractivity contribution in [2.24, 2.45) is 0 Å². The van der Waals surface area contributed by atoms with Crippen LogP contribution in [0.25, 0.3) is 69.6 Å². The van der Waals surface area contributed by atoms with Crippen molar-refractivity contribution in [3.05, 3.63) is 137 Å². The lowest BCUT2D eigenvalue weighted by molar-refractivity contribution is 0.332. The van der Waals surface area contributed by atoms with Crippen LogP contribution in [0.3, 0.4) is 0 Å². The number of fused-ring (bicyclic) bond motifs is 16. The van der Waals surface area contributed by atoms with Gasteiger partial charge in [0.15, 0.2) is 0 Å². The van der Waals surface area contributed by atoms with Crippen LogP contribution in [0.5, 0.6) is 0 Å². The zero-order valence-corrected chi connectivity index (χ0v) is 38.8. The first-order valence-electron chi connectivity index (χ1n) is 23.1. The molecule has 7 aromatic carbocycles. The summed E-state index contributed by atoms with van der Waals surface area (Å²) in [4.78, 5) is 2.73. The Labute approximate surface area is 370 Å². The van der Waals surface area contributed by atoms with Crippen molar-refractivity contribution < 1.29 is 0 Å². The standard InChI is InChI=1S/C58H55BN2S/c1-32-15-18-34(19-16-32)61-48-31-50-37(38-27-41-44(30-49(38)62-50)58(9,10)24-22-55(41,3)4)26-39(48)51-35-13-11-12-14-36(35)52-40-28-42-43(57(7,8)23-21-56(42,5)6)29-47(40)60-46-20-17-33(2)25-45(46)59(61)53(51)54(52)60/h11-20,25-31H,21-24H2,1-10H3. The number of aromatic nitrogens is 1. The quantitative estimate of drug-likeness (QED) is 0.150. The van der Waals surface area contributed by atoms with E-state index in [9.17, 15) is 0 Å². The molecule has 13 rings (SSSR count). The Kier molecular flexibility index (Phi) is 7.10. The maximum absolute atomic E-state index is 2.73. The molecular formula is C58H55BN2S. The smallest absolute Gasteiger partial charge is 0.333 e. The van der Waals surface area contributed by atoms with Crippen LogP contribution in [-0.2, 0) is 21.7 Å². The van der Waals surface area contributed by atoms with E-state index < -0.39 is 0 Å². The van der Waals surface area contributed by atoms with Crippen LogP contribution in [0.2, 0.25) is 0 Å². The summed E-state index contributed by atoms with van der Waals surface area (Å²) in [5.41, 5.74) is 21.3. The van der Waals surface area contributed by atoms with Gasteiger partial charge in [0, 0.05) is 53.6 Å². The maximum Gasteiger partial charge on any atom is 0.333 e. The molecule has 9 aromatic rings. The topological polar surface area (TPSA) is 8.17 Å². The molecule has 0 unspecified atom stereocenters. The fourth-order valence-electron chi connectivity index (χ4n) is 12.8. The van der Waals surface area contributed by atoms with Crippen molar-refractivity contribution in [3.63, 3.8) is 0 Å². The number of thiophene rings is 1. The van der Waals surface area contributed by atoms with Gasteiger partial charge in [-0.2, -0.15) is 0 Å². The number of nitrogens with zero attached hydrogens (tertiary/aromatic N) is 2. The van der Waals surface area contributed by atoms with Gasteiger partial charge in [-0.05, 0) is 165 Å². The highest BCUT2D eigenvalue weighted by atomic mass is 32.1. The zero-order chi connectivity index (χ0) is 42.6. The molecule has 0 fully saturated rings. The number of hydrogen-bond donors (Lipinski definition) is 0.